The number of likely N-dealkylation sites (tertiary alicyclic amines) is 1. The summed E-state index contributed by atoms with van der Waals surface area (Å²) < 4.78 is 0. The third-order valence-electron chi connectivity index (χ3n) is 5.18. The number of para-hydroxylation sites is 1. The number of hydrogen-bond donors (Lipinski definition) is 2. The number of aromatic amines is 1. The van der Waals surface area contributed by atoms with E-state index in [-0.39, 0.29) is 6.03 Å². The van der Waals surface area contributed by atoms with Gasteiger partial charge in [-0.25, -0.2) is 4.79 Å². The Morgan fingerprint density at radius 3 is 2.74 bits per heavy atom. The van der Waals surface area contributed by atoms with E-state index in [1.165, 1.54) is 37.1 Å². The average molecular weight is 363 g/mol. The van der Waals surface area contributed by atoms with E-state index in [2.05, 4.69) is 38.6 Å². The zero-order valence-corrected chi connectivity index (χ0v) is 15.6. The second-order valence-electron chi connectivity index (χ2n) is 7.18. The zero-order chi connectivity index (χ0) is 18.6. The number of rotatable bonds is 5. The first-order chi connectivity index (χ1) is 13.2. The number of nitrogens with one attached hydrogen (secondary N) is 2. The minimum atomic E-state index is -0.131. The largest absolute Gasteiger partial charge is 0.323 e. The summed E-state index contributed by atoms with van der Waals surface area (Å²) in [6.45, 7) is 3.87. The Kier molecular flexibility index (Phi) is 5.07. The van der Waals surface area contributed by atoms with Crippen LogP contribution in [-0.4, -0.2) is 46.2 Å². The molecule has 1 aromatic heterocycles. The molecule has 0 spiro atoms. The Bertz CT molecular complexity index is 929. The molecule has 2 amide bonds. The molecule has 2 heterocycles. The number of aromatic nitrogens is 2. The number of urea groups is 1. The molecule has 6 heteroatoms. The molecule has 0 bridgehead atoms. The van der Waals surface area contributed by atoms with Crippen LogP contribution in [0.2, 0.25) is 0 Å². The second kappa shape index (κ2) is 7.80. The maximum atomic E-state index is 12.7. The summed E-state index contributed by atoms with van der Waals surface area (Å²) in [7, 11) is 1.83. The maximum Gasteiger partial charge on any atom is 0.321 e. The minimum absolute atomic E-state index is 0.131. The fourth-order valence-corrected chi connectivity index (χ4v) is 3.66. The third-order valence-corrected chi connectivity index (χ3v) is 5.18. The van der Waals surface area contributed by atoms with Crippen LogP contribution in [-0.2, 0) is 13.1 Å². The van der Waals surface area contributed by atoms with Crippen molar-refractivity contribution in [3.63, 3.8) is 0 Å². The highest BCUT2D eigenvalue weighted by Gasteiger charge is 2.16. The van der Waals surface area contributed by atoms with Crippen molar-refractivity contribution in [3.8, 4) is 0 Å². The summed E-state index contributed by atoms with van der Waals surface area (Å²) in [6.07, 6.45) is 4.32. The fourth-order valence-electron chi connectivity index (χ4n) is 3.66. The lowest BCUT2D eigenvalue weighted by atomic mass is 10.1. The van der Waals surface area contributed by atoms with Gasteiger partial charge < -0.3 is 10.2 Å². The van der Waals surface area contributed by atoms with Crippen LogP contribution < -0.4 is 5.32 Å². The van der Waals surface area contributed by atoms with Crippen molar-refractivity contribution in [2.45, 2.75) is 25.9 Å². The number of fused-ring (bicyclic) bond motifs is 1. The van der Waals surface area contributed by atoms with Crippen molar-refractivity contribution in [2.75, 3.05) is 25.5 Å². The number of anilines is 1. The third kappa shape index (κ3) is 3.95. The molecule has 4 rings (SSSR count). The summed E-state index contributed by atoms with van der Waals surface area (Å²) in [6, 6.07) is 14.0. The molecule has 0 radical (unpaired) electrons. The van der Waals surface area contributed by atoms with Crippen LogP contribution in [0.25, 0.3) is 10.9 Å². The van der Waals surface area contributed by atoms with E-state index in [1.54, 1.807) is 11.1 Å². The van der Waals surface area contributed by atoms with E-state index < -0.39 is 0 Å². The van der Waals surface area contributed by atoms with E-state index >= 15 is 0 Å². The van der Waals surface area contributed by atoms with Crippen LogP contribution >= 0.6 is 0 Å². The molecule has 1 fully saturated rings. The molecule has 0 saturated carbocycles. The fraction of sp³-hybridized carbons (Fsp3) is 0.333. The van der Waals surface area contributed by atoms with E-state index in [0.717, 1.165) is 23.1 Å². The molecule has 0 unspecified atom stereocenters. The van der Waals surface area contributed by atoms with Gasteiger partial charge in [-0.1, -0.05) is 36.4 Å². The van der Waals surface area contributed by atoms with Crippen LogP contribution in [0.4, 0.5) is 10.5 Å². The molecular formula is C21H25N5O. The van der Waals surface area contributed by atoms with Gasteiger partial charge in [0.25, 0.3) is 0 Å². The van der Waals surface area contributed by atoms with Crippen molar-refractivity contribution in [2.24, 2.45) is 0 Å². The van der Waals surface area contributed by atoms with Crippen molar-refractivity contribution in [1.82, 2.24) is 20.0 Å². The van der Waals surface area contributed by atoms with Gasteiger partial charge in [-0.15, -0.1) is 0 Å². The highest BCUT2D eigenvalue weighted by Crippen LogP contribution is 2.21. The number of hydrogen-bond acceptors (Lipinski definition) is 3. The molecule has 1 aliphatic rings. The SMILES string of the molecule is CN(Cc1ccccc1CN1CCCC1)C(=O)Nc1cccc2cn[nH]c12. The normalized spacial score (nSPS) is 14.6. The number of benzene rings is 2. The van der Waals surface area contributed by atoms with Crippen LogP contribution in [0.3, 0.4) is 0 Å². The summed E-state index contributed by atoms with van der Waals surface area (Å²) in [5.41, 5.74) is 4.08. The number of carbonyl (C=O) groups is 1. The lowest BCUT2D eigenvalue weighted by Gasteiger charge is -2.22. The summed E-state index contributed by atoms with van der Waals surface area (Å²) in [5, 5.41) is 11.0. The first kappa shape index (κ1) is 17.5. The van der Waals surface area contributed by atoms with Crippen LogP contribution in [0.15, 0.2) is 48.7 Å². The monoisotopic (exact) mass is 363 g/mol. The number of nitrogens with zero attached hydrogens (tertiary/aromatic N) is 3. The van der Waals surface area contributed by atoms with Crippen LogP contribution in [0.5, 0.6) is 0 Å². The Morgan fingerprint density at radius 1 is 1.15 bits per heavy atom. The van der Waals surface area contributed by atoms with E-state index in [0.29, 0.717) is 6.54 Å². The molecule has 6 nitrogen and oxygen atoms in total. The van der Waals surface area contributed by atoms with Crippen LogP contribution in [0, 0.1) is 0 Å². The van der Waals surface area contributed by atoms with Crippen molar-refractivity contribution >= 4 is 22.6 Å². The quantitative estimate of drug-likeness (QED) is 0.724. The lowest BCUT2D eigenvalue weighted by molar-refractivity contribution is 0.220. The Labute approximate surface area is 159 Å². The zero-order valence-electron chi connectivity index (χ0n) is 15.6. The predicted octanol–water partition coefficient (Wildman–Crippen LogP) is 3.82. The standard InChI is InChI=1S/C21H25N5O/c1-25(21(27)23-19-10-6-9-16-13-22-24-20(16)19)14-17-7-2-3-8-18(17)15-26-11-4-5-12-26/h2-3,6-10,13H,4-5,11-12,14-15H2,1H3,(H,22,24)(H,23,27). The number of carbonyl (C=O) groups excluding carboxylic acids is 1. The topological polar surface area (TPSA) is 64.3 Å². The van der Waals surface area contributed by atoms with Crippen molar-refractivity contribution in [3.05, 3.63) is 59.8 Å². The number of H-pyrrole nitrogens is 1. The van der Waals surface area contributed by atoms with Gasteiger partial charge in [0.2, 0.25) is 0 Å². The molecule has 3 aromatic rings. The average Bonchev–Trinajstić information content (AvgIpc) is 3.35. The predicted molar refractivity (Wildman–Crippen MR) is 108 cm³/mol. The Morgan fingerprint density at radius 2 is 1.93 bits per heavy atom. The minimum Gasteiger partial charge on any atom is -0.323 e. The van der Waals surface area contributed by atoms with Gasteiger partial charge >= 0.3 is 6.03 Å². The highest BCUT2D eigenvalue weighted by atomic mass is 16.2. The Balaban J connectivity index is 1.45. The van der Waals surface area contributed by atoms with E-state index in [4.69, 9.17) is 0 Å². The molecule has 1 saturated heterocycles. The highest BCUT2D eigenvalue weighted by molar-refractivity contribution is 5.99. The molecule has 140 valence electrons. The van der Waals surface area contributed by atoms with Gasteiger partial charge in [0.15, 0.2) is 0 Å². The number of amides is 2. The molecule has 2 N–H and O–H groups in total. The van der Waals surface area contributed by atoms with E-state index in [9.17, 15) is 4.79 Å². The van der Waals surface area contributed by atoms with Gasteiger partial charge in [0.05, 0.1) is 17.4 Å². The van der Waals surface area contributed by atoms with Gasteiger partial charge in [0, 0.05) is 25.5 Å². The second-order valence-corrected chi connectivity index (χ2v) is 7.18. The lowest BCUT2D eigenvalue weighted by Crippen LogP contribution is -2.31. The molecular weight excluding hydrogens is 338 g/mol. The molecule has 0 atom stereocenters. The summed E-state index contributed by atoms with van der Waals surface area (Å²) in [5.74, 6) is 0. The summed E-state index contributed by atoms with van der Waals surface area (Å²) >= 11 is 0. The van der Waals surface area contributed by atoms with Crippen molar-refractivity contribution < 1.29 is 4.79 Å². The molecule has 0 aliphatic carbocycles. The first-order valence-corrected chi connectivity index (χ1v) is 9.44. The molecule has 1 aliphatic heterocycles. The van der Waals surface area contributed by atoms with Gasteiger partial charge in [-0.05, 0) is 43.1 Å². The molecule has 27 heavy (non-hydrogen) atoms. The van der Waals surface area contributed by atoms with Crippen molar-refractivity contribution in [1.29, 1.82) is 0 Å². The first-order valence-electron chi connectivity index (χ1n) is 9.44. The van der Waals surface area contributed by atoms with E-state index in [1.807, 2.05) is 31.3 Å². The van der Waals surface area contributed by atoms with Crippen LogP contribution in [0.1, 0.15) is 24.0 Å². The van der Waals surface area contributed by atoms with Gasteiger partial charge in [0.1, 0.15) is 0 Å². The van der Waals surface area contributed by atoms with Gasteiger partial charge in [-0.3, -0.25) is 10.00 Å². The maximum absolute atomic E-state index is 12.7. The Hall–Kier alpha value is -2.86. The smallest absolute Gasteiger partial charge is 0.321 e. The summed E-state index contributed by atoms with van der Waals surface area (Å²) in [4.78, 5) is 16.9. The molecule has 2 aromatic carbocycles. The van der Waals surface area contributed by atoms with Gasteiger partial charge in [-0.2, -0.15) is 5.10 Å².